The Morgan fingerprint density at radius 3 is 2.71 bits per heavy atom. The zero-order valence-corrected chi connectivity index (χ0v) is 9.55. The van der Waals surface area contributed by atoms with Gasteiger partial charge >= 0.3 is 0 Å². The van der Waals surface area contributed by atoms with Crippen LogP contribution in [0.25, 0.3) is 0 Å². The van der Waals surface area contributed by atoms with Crippen LogP contribution in [0, 0.1) is 0 Å². The van der Waals surface area contributed by atoms with Gasteiger partial charge in [0.05, 0.1) is 0 Å². The van der Waals surface area contributed by atoms with Crippen LogP contribution in [0.4, 0.5) is 0 Å². The number of benzene rings is 1. The number of hydrogen-bond donors (Lipinski definition) is 2. The first kappa shape index (κ1) is 9.99. The Morgan fingerprint density at radius 1 is 1.43 bits per heavy atom. The van der Waals surface area contributed by atoms with E-state index >= 15 is 0 Å². The molecule has 0 heterocycles. The number of hydrogen-bond acceptors (Lipinski definition) is 2. The molecule has 0 amide bonds. The SMILES string of the molecule is NC1(CCc2c(O)cccc2Br)CC1. The van der Waals surface area contributed by atoms with Gasteiger partial charge in [-0.05, 0) is 37.8 Å². The van der Waals surface area contributed by atoms with Gasteiger partial charge in [0.15, 0.2) is 0 Å². The van der Waals surface area contributed by atoms with Crippen LogP contribution in [0.15, 0.2) is 22.7 Å². The summed E-state index contributed by atoms with van der Waals surface area (Å²) in [4.78, 5) is 0. The van der Waals surface area contributed by atoms with Gasteiger partial charge in [-0.2, -0.15) is 0 Å². The molecule has 0 atom stereocenters. The van der Waals surface area contributed by atoms with Crippen LogP contribution < -0.4 is 5.73 Å². The van der Waals surface area contributed by atoms with E-state index in [2.05, 4.69) is 15.9 Å². The minimum atomic E-state index is 0.0573. The number of nitrogens with two attached hydrogens (primary N) is 1. The Balaban J connectivity index is 2.08. The Morgan fingerprint density at radius 2 is 2.14 bits per heavy atom. The molecule has 1 aliphatic carbocycles. The van der Waals surface area contributed by atoms with E-state index in [4.69, 9.17) is 5.73 Å². The molecule has 0 unspecified atom stereocenters. The average Bonchev–Trinajstić information content (AvgIpc) is 2.83. The molecule has 1 aromatic rings. The third kappa shape index (κ3) is 2.10. The topological polar surface area (TPSA) is 46.2 Å². The van der Waals surface area contributed by atoms with E-state index in [-0.39, 0.29) is 5.54 Å². The standard InChI is InChI=1S/C11H14BrNO/c12-9-2-1-3-10(14)8(9)4-5-11(13)6-7-11/h1-3,14H,4-7,13H2. The predicted molar refractivity (Wildman–Crippen MR) is 60.3 cm³/mol. The number of halogens is 1. The highest BCUT2D eigenvalue weighted by atomic mass is 79.9. The molecule has 76 valence electrons. The second-order valence-corrected chi connectivity index (χ2v) is 4.95. The molecule has 0 bridgehead atoms. The fourth-order valence-corrected chi connectivity index (χ4v) is 2.13. The summed E-state index contributed by atoms with van der Waals surface area (Å²) in [5, 5.41) is 9.64. The van der Waals surface area contributed by atoms with E-state index in [0.717, 1.165) is 35.7 Å². The van der Waals surface area contributed by atoms with Crippen LogP contribution in [0.5, 0.6) is 5.75 Å². The molecule has 3 N–H and O–H groups in total. The second kappa shape index (κ2) is 3.55. The van der Waals surface area contributed by atoms with E-state index in [1.54, 1.807) is 6.07 Å². The van der Waals surface area contributed by atoms with Crippen LogP contribution in [-0.2, 0) is 6.42 Å². The van der Waals surface area contributed by atoms with Crippen LogP contribution in [0.2, 0.25) is 0 Å². The molecule has 0 spiro atoms. The van der Waals surface area contributed by atoms with Crippen LogP contribution >= 0.6 is 15.9 Å². The van der Waals surface area contributed by atoms with Crippen molar-refractivity contribution in [3.8, 4) is 5.75 Å². The molecule has 0 saturated heterocycles. The summed E-state index contributed by atoms with van der Waals surface area (Å²) in [5.74, 6) is 0.364. The van der Waals surface area contributed by atoms with Crippen LogP contribution in [0.3, 0.4) is 0 Å². The average molecular weight is 256 g/mol. The Labute approximate surface area is 92.3 Å². The summed E-state index contributed by atoms with van der Waals surface area (Å²) in [6.45, 7) is 0. The largest absolute Gasteiger partial charge is 0.508 e. The van der Waals surface area contributed by atoms with Gasteiger partial charge in [-0.15, -0.1) is 0 Å². The summed E-state index contributed by atoms with van der Waals surface area (Å²) < 4.78 is 0.974. The summed E-state index contributed by atoms with van der Waals surface area (Å²) >= 11 is 3.43. The highest BCUT2D eigenvalue weighted by molar-refractivity contribution is 9.10. The Kier molecular flexibility index (Phi) is 2.54. The van der Waals surface area contributed by atoms with Gasteiger partial charge in [0.25, 0.3) is 0 Å². The van der Waals surface area contributed by atoms with E-state index < -0.39 is 0 Å². The zero-order chi connectivity index (χ0) is 10.2. The molecule has 2 rings (SSSR count). The fourth-order valence-electron chi connectivity index (χ4n) is 1.58. The third-order valence-electron chi connectivity index (χ3n) is 2.86. The second-order valence-electron chi connectivity index (χ2n) is 4.10. The van der Waals surface area contributed by atoms with Gasteiger partial charge in [0.1, 0.15) is 5.75 Å². The van der Waals surface area contributed by atoms with Crippen molar-refractivity contribution >= 4 is 15.9 Å². The van der Waals surface area contributed by atoms with Crippen LogP contribution in [0.1, 0.15) is 24.8 Å². The maximum absolute atomic E-state index is 9.64. The molecule has 2 nitrogen and oxygen atoms in total. The number of rotatable bonds is 3. The van der Waals surface area contributed by atoms with Gasteiger partial charge in [0, 0.05) is 15.6 Å². The molecule has 1 aliphatic rings. The number of aromatic hydroxyl groups is 1. The van der Waals surface area contributed by atoms with Crippen molar-refractivity contribution in [1.82, 2.24) is 0 Å². The molecule has 3 heteroatoms. The maximum Gasteiger partial charge on any atom is 0.119 e. The van der Waals surface area contributed by atoms with Crippen LogP contribution in [-0.4, -0.2) is 10.6 Å². The van der Waals surface area contributed by atoms with Crippen molar-refractivity contribution in [3.05, 3.63) is 28.2 Å². The third-order valence-corrected chi connectivity index (χ3v) is 3.60. The van der Waals surface area contributed by atoms with Crippen molar-refractivity contribution < 1.29 is 5.11 Å². The van der Waals surface area contributed by atoms with Gasteiger partial charge in [0.2, 0.25) is 0 Å². The van der Waals surface area contributed by atoms with Crippen molar-refractivity contribution in [1.29, 1.82) is 0 Å². The Hall–Kier alpha value is -0.540. The summed E-state index contributed by atoms with van der Waals surface area (Å²) in [7, 11) is 0. The van der Waals surface area contributed by atoms with Gasteiger partial charge in [-0.1, -0.05) is 22.0 Å². The molecule has 1 fully saturated rings. The van der Waals surface area contributed by atoms with Crippen molar-refractivity contribution in [2.45, 2.75) is 31.2 Å². The quantitative estimate of drug-likeness (QED) is 0.873. The van der Waals surface area contributed by atoms with E-state index in [9.17, 15) is 5.11 Å². The summed E-state index contributed by atoms with van der Waals surface area (Å²) in [6, 6.07) is 5.50. The number of phenolic OH excluding ortho intramolecular Hbond substituents is 1. The number of phenols is 1. The maximum atomic E-state index is 9.64. The van der Waals surface area contributed by atoms with Crippen molar-refractivity contribution in [2.24, 2.45) is 5.73 Å². The lowest BCUT2D eigenvalue weighted by Crippen LogP contribution is -2.22. The first-order chi connectivity index (χ1) is 6.61. The minimum absolute atomic E-state index is 0.0573. The molecule has 14 heavy (non-hydrogen) atoms. The van der Waals surface area contributed by atoms with Crippen molar-refractivity contribution in [2.75, 3.05) is 0 Å². The van der Waals surface area contributed by atoms with E-state index in [1.165, 1.54) is 0 Å². The monoisotopic (exact) mass is 255 g/mol. The molecule has 0 radical (unpaired) electrons. The lowest BCUT2D eigenvalue weighted by atomic mass is 10.0. The zero-order valence-electron chi connectivity index (χ0n) is 7.96. The molecule has 1 saturated carbocycles. The van der Waals surface area contributed by atoms with E-state index in [0.29, 0.717) is 5.75 Å². The first-order valence-electron chi connectivity index (χ1n) is 4.86. The van der Waals surface area contributed by atoms with Crippen molar-refractivity contribution in [3.63, 3.8) is 0 Å². The lowest BCUT2D eigenvalue weighted by molar-refractivity contribution is 0.464. The predicted octanol–water partition coefficient (Wildman–Crippen LogP) is 2.58. The van der Waals surface area contributed by atoms with Gasteiger partial charge in [-0.25, -0.2) is 0 Å². The van der Waals surface area contributed by atoms with Gasteiger partial charge < -0.3 is 10.8 Å². The fraction of sp³-hybridized carbons (Fsp3) is 0.455. The molecular formula is C11H14BrNO. The summed E-state index contributed by atoms with van der Waals surface area (Å²) in [6.07, 6.45) is 4.06. The highest BCUT2D eigenvalue weighted by Crippen LogP contribution is 2.38. The lowest BCUT2D eigenvalue weighted by Gasteiger charge is -2.10. The normalized spacial score (nSPS) is 18.1. The minimum Gasteiger partial charge on any atom is -0.508 e. The molecule has 1 aromatic carbocycles. The molecule has 0 aromatic heterocycles. The summed E-state index contributed by atoms with van der Waals surface area (Å²) in [5.41, 5.74) is 7.03. The first-order valence-corrected chi connectivity index (χ1v) is 5.65. The molecular weight excluding hydrogens is 242 g/mol. The smallest absolute Gasteiger partial charge is 0.119 e. The van der Waals surface area contributed by atoms with E-state index in [1.807, 2.05) is 12.1 Å². The highest BCUT2D eigenvalue weighted by Gasteiger charge is 2.37. The molecule has 0 aliphatic heterocycles. The van der Waals surface area contributed by atoms with Gasteiger partial charge in [-0.3, -0.25) is 0 Å². The Bertz CT molecular complexity index is 327.